The molecule has 0 unspecified atom stereocenters. The van der Waals surface area contributed by atoms with Gasteiger partial charge in [-0.2, -0.15) is 0 Å². The summed E-state index contributed by atoms with van der Waals surface area (Å²) in [5, 5.41) is 3.88. The van der Waals surface area contributed by atoms with E-state index in [1.807, 2.05) is 12.1 Å². The summed E-state index contributed by atoms with van der Waals surface area (Å²) < 4.78 is 23.6. The molecule has 1 amide bonds. The zero-order valence-electron chi connectivity index (χ0n) is 16.8. The van der Waals surface area contributed by atoms with Crippen molar-refractivity contribution in [2.45, 2.75) is 45.1 Å². The van der Waals surface area contributed by atoms with E-state index >= 15 is 0 Å². The molecule has 2 aromatic rings. The number of sulfone groups is 1. The summed E-state index contributed by atoms with van der Waals surface area (Å²) in [6.45, 7) is 3.54. The number of rotatable bonds is 9. The SMILES string of the molecule is CCS(=O)(=O)CCc1ccc2[nH]cc(C[C@H]3CCCN3CCC(=O)NC)c2c1. The molecule has 1 aromatic heterocycles. The summed E-state index contributed by atoms with van der Waals surface area (Å²) in [7, 11) is -1.28. The molecule has 0 spiro atoms. The molecule has 6 nitrogen and oxygen atoms in total. The van der Waals surface area contributed by atoms with Crippen LogP contribution in [0.2, 0.25) is 0 Å². The van der Waals surface area contributed by atoms with Crippen LogP contribution in [0.15, 0.2) is 24.4 Å². The lowest BCUT2D eigenvalue weighted by Gasteiger charge is -2.24. The molecule has 0 radical (unpaired) electrons. The summed E-state index contributed by atoms with van der Waals surface area (Å²) in [4.78, 5) is 17.3. The smallest absolute Gasteiger partial charge is 0.221 e. The number of nitrogens with one attached hydrogen (secondary N) is 2. The number of hydrogen-bond donors (Lipinski definition) is 2. The van der Waals surface area contributed by atoms with E-state index in [0.717, 1.165) is 37.0 Å². The number of benzene rings is 1. The number of amides is 1. The van der Waals surface area contributed by atoms with Crippen molar-refractivity contribution in [1.82, 2.24) is 15.2 Å². The third-order valence-electron chi connectivity index (χ3n) is 5.83. The fourth-order valence-corrected chi connectivity index (χ4v) is 4.85. The Hall–Kier alpha value is -1.86. The van der Waals surface area contributed by atoms with Crippen LogP contribution in [0.4, 0.5) is 0 Å². The van der Waals surface area contributed by atoms with E-state index in [-0.39, 0.29) is 17.4 Å². The van der Waals surface area contributed by atoms with Crippen LogP contribution in [-0.4, -0.2) is 61.9 Å². The van der Waals surface area contributed by atoms with Crippen molar-refractivity contribution in [3.63, 3.8) is 0 Å². The van der Waals surface area contributed by atoms with Gasteiger partial charge in [-0.25, -0.2) is 8.42 Å². The molecular formula is C21H31N3O3S. The van der Waals surface area contributed by atoms with Gasteiger partial charge in [0.05, 0.1) is 5.75 Å². The summed E-state index contributed by atoms with van der Waals surface area (Å²) in [6, 6.07) is 6.65. The monoisotopic (exact) mass is 405 g/mol. The number of likely N-dealkylation sites (tertiary alicyclic amines) is 1. The fourth-order valence-electron chi connectivity index (χ4n) is 4.01. The number of carbonyl (C=O) groups is 1. The largest absolute Gasteiger partial charge is 0.361 e. The third-order valence-corrected chi connectivity index (χ3v) is 7.54. The zero-order chi connectivity index (χ0) is 20.1. The molecule has 1 aliphatic heterocycles. The Labute approximate surface area is 167 Å². The van der Waals surface area contributed by atoms with Gasteiger partial charge in [-0.1, -0.05) is 13.0 Å². The Bertz CT molecular complexity index is 920. The van der Waals surface area contributed by atoms with Gasteiger partial charge in [0.2, 0.25) is 5.91 Å². The minimum absolute atomic E-state index is 0.0874. The van der Waals surface area contributed by atoms with Crippen LogP contribution in [-0.2, 0) is 27.5 Å². The van der Waals surface area contributed by atoms with Crippen LogP contribution in [0.25, 0.3) is 10.9 Å². The average Bonchev–Trinajstić information content (AvgIpc) is 3.31. The lowest BCUT2D eigenvalue weighted by molar-refractivity contribution is -0.120. The highest BCUT2D eigenvalue weighted by Crippen LogP contribution is 2.26. The first-order chi connectivity index (χ1) is 13.4. The van der Waals surface area contributed by atoms with Crippen molar-refractivity contribution in [2.75, 3.05) is 31.6 Å². The lowest BCUT2D eigenvalue weighted by atomic mass is 10.0. The van der Waals surface area contributed by atoms with Gasteiger partial charge in [0.1, 0.15) is 9.84 Å². The normalized spacial score (nSPS) is 18.0. The van der Waals surface area contributed by atoms with E-state index < -0.39 is 9.84 Å². The lowest BCUT2D eigenvalue weighted by Crippen LogP contribution is -2.34. The molecule has 2 heterocycles. The van der Waals surface area contributed by atoms with Gasteiger partial charge in [0, 0.05) is 48.9 Å². The molecule has 1 fully saturated rings. The number of H-pyrrole nitrogens is 1. The standard InChI is InChI=1S/C21H31N3O3S/c1-3-28(26,27)12-9-16-6-7-20-19(13-16)17(15-23-20)14-18-5-4-10-24(18)11-8-21(25)22-2/h6-7,13,15,18,23H,3-5,8-12,14H2,1-2H3,(H,22,25)/t18-/m1/s1. The molecule has 1 atom stereocenters. The highest BCUT2D eigenvalue weighted by molar-refractivity contribution is 7.91. The maximum atomic E-state index is 11.8. The van der Waals surface area contributed by atoms with Crippen LogP contribution in [0.3, 0.4) is 0 Å². The number of aromatic nitrogens is 1. The molecule has 1 saturated heterocycles. The molecule has 7 heteroatoms. The Morgan fingerprint density at radius 2 is 2.18 bits per heavy atom. The number of hydrogen-bond acceptors (Lipinski definition) is 4. The van der Waals surface area contributed by atoms with Crippen molar-refractivity contribution in [2.24, 2.45) is 0 Å². The number of carbonyl (C=O) groups excluding carboxylic acids is 1. The van der Waals surface area contributed by atoms with Crippen LogP contribution < -0.4 is 5.32 Å². The maximum Gasteiger partial charge on any atom is 0.221 e. The Kier molecular flexibility index (Phi) is 6.78. The minimum Gasteiger partial charge on any atom is -0.361 e. The molecule has 0 saturated carbocycles. The number of fused-ring (bicyclic) bond motifs is 1. The van der Waals surface area contributed by atoms with Gasteiger partial charge in [-0.3, -0.25) is 9.69 Å². The summed E-state index contributed by atoms with van der Waals surface area (Å²) in [6.07, 6.45) is 6.43. The number of aryl methyl sites for hydroxylation is 1. The molecule has 1 aliphatic rings. The minimum atomic E-state index is -2.96. The molecule has 2 N–H and O–H groups in total. The van der Waals surface area contributed by atoms with Crippen LogP contribution in [0, 0.1) is 0 Å². The van der Waals surface area contributed by atoms with Gasteiger partial charge >= 0.3 is 0 Å². The molecule has 0 bridgehead atoms. The highest BCUT2D eigenvalue weighted by atomic mass is 32.2. The molecule has 28 heavy (non-hydrogen) atoms. The molecular weight excluding hydrogens is 374 g/mol. The van der Waals surface area contributed by atoms with Crippen LogP contribution in [0.5, 0.6) is 0 Å². The second-order valence-corrected chi connectivity index (χ2v) is 10.1. The van der Waals surface area contributed by atoms with Crippen molar-refractivity contribution in [1.29, 1.82) is 0 Å². The van der Waals surface area contributed by atoms with Crippen molar-refractivity contribution < 1.29 is 13.2 Å². The molecule has 3 rings (SSSR count). The topological polar surface area (TPSA) is 82.3 Å². The second-order valence-electron chi connectivity index (χ2n) is 7.64. The first-order valence-electron chi connectivity index (χ1n) is 10.2. The fraction of sp³-hybridized carbons (Fsp3) is 0.571. The first kappa shape index (κ1) is 20.9. The predicted octanol–water partition coefficient (Wildman–Crippen LogP) is 2.29. The summed E-state index contributed by atoms with van der Waals surface area (Å²) >= 11 is 0. The van der Waals surface area contributed by atoms with Crippen LogP contribution in [0.1, 0.15) is 37.3 Å². The summed E-state index contributed by atoms with van der Waals surface area (Å²) in [5.41, 5.74) is 3.42. The predicted molar refractivity (Wildman–Crippen MR) is 113 cm³/mol. The van der Waals surface area contributed by atoms with E-state index in [9.17, 15) is 13.2 Å². The maximum absolute atomic E-state index is 11.8. The highest BCUT2D eigenvalue weighted by Gasteiger charge is 2.25. The van der Waals surface area contributed by atoms with E-state index in [1.54, 1.807) is 14.0 Å². The van der Waals surface area contributed by atoms with Gasteiger partial charge in [-0.05, 0) is 55.5 Å². The second kappa shape index (κ2) is 9.09. The molecule has 154 valence electrons. The van der Waals surface area contributed by atoms with E-state index in [1.165, 1.54) is 17.4 Å². The Balaban J connectivity index is 1.70. The van der Waals surface area contributed by atoms with E-state index in [0.29, 0.717) is 18.9 Å². The number of nitrogens with zero attached hydrogens (tertiary/aromatic N) is 1. The van der Waals surface area contributed by atoms with Gasteiger partial charge in [0.15, 0.2) is 0 Å². The van der Waals surface area contributed by atoms with Gasteiger partial charge < -0.3 is 10.3 Å². The summed E-state index contributed by atoms with van der Waals surface area (Å²) in [5.74, 6) is 0.479. The van der Waals surface area contributed by atoms with E-state index in [4.69, 9.17) is 0 Å². The quantitative estimate of drug-likeness (QED) is 0.671. The Morgan fingerprint density at radius 1 is 1.36 bits per heavy atom. The van der Waals surface area contributed by atoms with Crippen molar-refractivity contribution in [3.8, 4) is 0 Å². The number of aromatic amines is 1. The zero-order valence-corrected chi connectivity index (χ0v) is 17.6. The molecule has 0 aliphatic carbocycles. The van der Waals surface area contributed by atoms with Gasteiger partial charge in [0.25, 0.3) is 0 Å². The van der Waals surface area contributed by atoms with Crippen molar-refractivity contribution >= 4 is 26.6 Å². The van der Waals surface area contributed by atoms with Crippen molar-refractivity contribution in [3.05, 3.63) is 35.5 Å². The van der Waals surface area contributed by atoms with Crippen LogP contribution >= 0.6 is 0 Å². The average molecular weight is 406 g/mol. The molecule has 1 aromatic carbocycles. The van der Waals surface area contributed by atoms with Gasteiger partial charge in [-0.15, -0.1) is 0 Å². The third kappa shape index (κ3) is 5.14. The Morgan fingerprint density at radius 3 is 2.93 bits per heavy atom. The first-order valence-corrected chi connectivity index (χ1v) is 12.0. The van der Waals surface area contributed by atoms with E-state index in [2.05, 4.69) is 27.5 Å².